The molecule has 11 nitrogen and oxygen atoms in total. The van der Waals surface area contributed by atoms with Crippen molar-refractivity contribution in [3.05, 3.63) is 29.3 Å². The molecule has 1 aromatic rings. The van der Waals surface area contributed by atoms with Crippen molar-refractivity contribution < 1.29 is 38.7 Å². The van der Waals surface area contributed by atoms with E-state index in [0.717, 1.165) is 4.90 Å². The van der Waals surface area contributed by atoms with Crippen molar-refractivity contribution in [1.82, 2.24) is 9.80 Å². The Labute approximate surface area is 190 Å². The van der Waals surface area contributed by atoms with E-state index in [1.807, 2.05) is 0 Å². The van der Waals surface area contributed by atoms with Gasteiger partial charge in [0.25, 0.3) is 11.6 Å². The molecule has 3 rings (SSSR count). The molecule has 11 heteroatoms. The lowest BCUT2D eigenvalue weighted by atomic mass is 9.84. The standard InChI is InChI=1S/C22H28N4O7/c1-12(2)22(21(32)33,24(3)4)26(15-8-9-16(28)25(10-11-27)18(15)29)19(30)13-6-5-7-14(23)17(13)20(26)31/h5-7,12,15,27H,8-11H2,1-4H3,(H2-,23,31,32,33)/p+1/t15?,22?,26-/m0/s1. The number of nitrogens with two attached hydrogens (primary N) is 1. The third kappa shape index (κ3) is 2.96. The number of likely N-dealkylation sites (tertiary alicyclic amines) is 1. The average Bonchev–Trinajstić information content (AvgIpc) is 2.94. The molecule has 1 aromatic carbocycles. The van der Waals surface area contributed by atoms with Crippen LogP contribution in [-0.4, -0.2) is 93.0 Å². The largest absolute Gasteiger partial charge is 0.475 e. The van der Waals surface area contributed by atoms with Gasteiger partial charge in [0.15, 0.2) is 6.04 Å². The number of rotatable bonds is 7. The number of amides is 4. The highest BCUT2D eigenvalue weighted by molar-refractivity contribution is 6.19. The zero-order valence-corrected chi connectivity index (χ0v) is 19.1. The van der Waals surface area contributed by atoms with Gasteiger partial charge < -0.3 is 15.9 Å². The van der Waals surface area contributed by atoms with Crippen molar-refractivity contribution in [1.29, 1.82) is 0 Å². The number of aliphatic carboxylic acids is 1. The minimum absolute atomic E-state index is 0.000741. The first kappa shape index (κ1) is 24.5. The number of carboxylic acids is 1. The molecule has 2 aliphatic rings. The molecule has 33 heavy (non-hydrogen) atoms. The molecule has 0 aliphatic carbocycles. The zero-order chi connectivity index (χ0) is 24.9. The Hall–Kier alpha value is -3.15. The van der Waals surface area contributed by atoms with E-state index in [-0.39, 0.29) is 36.2 Å². The van der Waals surface area contributed by atoms with E-state index in [4.69, 9.17) is 5.73 Å². The van der Waals surface area contributed by atoms with Gasteiger partial charge in [-0.05, 0) is 26.2 Å². The number of aliphatic hydroxyl groups is 1. The van der Waals surface area contributed by atoms with Crippen molar-refractivity contribution in [2.75, 3.05) is 33.0 Å². The van der Waals surface area contributed by atoms with Gasteiger partial charge in [0.05, 0.1) is 18.7 Å². The second kappa shape index (κ2) is 8.32. The minimum Gasteiger partial charge on any atom is -0.475 e. The summed E-state index contributed by atoms with van der Waals surface area (Å²) in [6, 6.07) is 2.80. The van der Waals surface area contributed by atoms with Crippen LogP contribution in [0.2, 0.25) is 0 Å². The van der Waals surface area contributed by atoms with E-state index in [1.54, 1.807) is 13.8 Å². The summed E-state index contributed by atoms with van der Waals surface area (Å²) in [6.07, 6.45) is -0.398. The number of carbonyl (C=O) groups excluding carboxylic acids is 4. The van der Waals surface area contributed by atoms with Crippen LogP contribution in [0.4, 0.5) is 5.69 Å². The Kier molecular flexibility index (Phi) is 6.18. The first-order chi connectivity index (χ1) is 15.4. The maximum absolute atomic E-state index is 14.2. The lowest BCUT2D eigenvalue weighted by Crippen LogP contribution is -2.83. The maximum Gasteiger partial charge on any atom is 0.383 e. The molecular weight excluding hydrogens is 432 g/mol. The van der Waals surface area contributed by atoms with E-state index >= 15 is 0 Å². The molecule has 1 fully saturated rings. The van der Waals surface area contributed by atoms with Gasteiger partial charge in [-0.15, -0.1) is 0 Å². The quantitative estimate of drug-likeness (QED) is 0.286. The molecule has 0 spiro atoms. The Morgan fingerprint density at radius 1 is 1.24 bits per heavy atom. The molecule has 4 N–H and O–H groups in total. The van der Waals surface area contributed by atoms with E-state index < -0.39 is 58.3 Å². The van der Waals surface area contributed by atoms with E-state index in [1.165, 1.54) is 37.2 Å². The van der Waals surface area contributed by atoms with Crippen molar-refractivity contribution >= 4 is 35.3 Å². The van der Waals surface area contributed by atoms with Crippen LogP contribution in [-0.2, 0) is 14.4 Å². The number of fused-ring (bicyclic) bond motifs is 1. The van der Waals surface area contributed by atoms with Crippen LogP contribution in [0.1, 0.15) is 47.4 Å². The number of aliphatic hydroxyl groups excluding tert-OH is 1. The van der Waals surface area contributed by atoms with Gasteiger partial charge in [-0.25, -0.2) is 19.3 Å². The smallest absolute Gasteiger partial charge is 0.383 e. The number of benzene rings is 1. The number of imide groups is 2. The molecule has 0 bridgehead atoms. The number of piperidine rings is 1. The first-order valence-electron chi connectivity index (χ1n) is 10.6. The van der Waals surface area contributed by atoms with E-state index in [2.05, 4.69) is 0 Å². The Morgan fingerprint density at radius 3 is 2.36 bits per heavy atom. The molecule has 0 saturated carbocycles. The number of likely N-dealkylation sites (N-methyl/N-ethyl adjacent to an activating group) is 1. The van der Waals surface area contributed by atoms with Crippen molar-refractivity contribution in [3.63, 3.8) is 0 Å². The second-order valence-corrected chi connectivity index (χ2v) is 8.84. The van der Waals surface area contributed by atoms with Gasteiger partial charge >= 0.3 is 17.8 Å². The summed E-state index contributed by atoms with van der Waals surface area (Å²) in [4.78, 5) is 69.4. The predicted molar refractivity (Wildman–Crippen MR) is 115 cm³/mol. The normalized spacial score (nSPS) is 25.1. The number of carbonyl (C=O) groups is 5. The summed E-state index contributed by atoms with van der Waals surface area (Å²) >= 11 is 0. The van der Waals surface area contributed by atoms with Crippen LogP contribution < -0.4 is 5.73 Å². The second-order valence-electron chi connectivity index (χ2n) is 8.84. The molecule has 2 heterocycles. The van der Waals surface area contributed by atoms with Gasteiger partial charge in [-0.2, -0.15) is 4.48 Å². The fourth-order valence-corrected chi connectivity index (χ4v) is 5.62. The first-order valence-corrected chi connectivity index (χ1v) is 10.6. The number of hydrogen-bond donors (Lipinski definition) is 3. The number of anilines is 1. The van der Waals surface area contributed by atoms with Gasteiger partial charge in [0.1, 0.15) is 5.56 Å². The molecule has 2 aliphatic heterocycles. The Morgan fingerprint density at radius 2 is 1.88 bits per heavy atom. The molecule has 3 atom stereocenters. The predicted octanol–water partition coefficient (Wildman–Crippen LogP) is -0.112. The zero-order valence-electron chi connectivity index (χ0n) is 19.1. The van der Waals surface area contributed by atoms with Gasteiger partial charge in [-0.1, -0.05) is 19.9 Å². The summed E-state index contributed by atoms with van der Waals surface area (Å²) in [5.41, 5.74) is 3.67. The Bertz CT molecular complexity index is 1040. The van der Waals surface area contributed by atoms with Crippen LogP contribution in [0.5, 0.6) is 0 Å². The molecule has 2 unspecified atom stereocenters. The third-order valence-electron chi connectivity index (χ3n) is 6.80. The van der Waals surface area contributed by atoms with E-state index in [9.17, 15) is 34.2 Å². The van der Waals surface area contributed by atoms with Crippen molar-refractivity contribution in [3.8, 4) is 0 Å². The molecule has 178 valence electrons. The van der Waals surface area contributed by atoms with Gasteiger partial charge in [-0.3, -0.25) is 14.5 Å². The number of nitrogens with zero attached hydrogens (tertiary/aromatic N) is 3. The fourth-order valence-electron chi connectivity index (χ4n) is 5.62. The SMILES string of the molecule is CC(C)C(C(=O)O)(N(C)C)[N@@+]1(C2CCC(=O)N(CCO)C2=O)C(=O)c2cccc(N)c2C1=O. The molecule has 1 saturated heterocycles. The third-order valence-corrected chi connectivity index (χ3v) is 6.80. The lowest BCUT2D eigenvalue weighted by molar-refractivity contribution is -0.849. The van der Waals surface area contributed by atoms with Crippen LogP contribution >= 0.6 is 0 Å². The monoisotopic (exact) mass is 461 g/mol. The number of quaternary nitrogens is 1. The summed E-state index contributed by atoms with van der Waals surface area (Å²) in [5.74, 6) is -5.48. The maximum atomic E-state index is 14.2. The molecule has 0 aromatic heterocycles. The van der Waals surface area contributed by atoms with Crippen LogP contribution in [0.15, 0.2) is 18.2 Å². The average molecular weight is 461 g/mol. The molecule has 4 amide bonds. The van der Waals surface area contributed by atoms with Crippen LogP contribution in [0, 0.1) is 5.92 Å². The number of carboxylic acid groups (broad SMARTS) is 1. The molecular formula is C22H29N4O7+. The van der Waals surface area contributed by atoms with Crippen LogP contribution in [0.25, 0.3) is 0 Å². The van der Waals surface area contributed by atoms with Gasteiger partial charge in [0.2, 0.25) is 5.91 Å². The highest BCUT2D eigenvalue weighted by Gasteiger charge is 2.77. The van der Waals surface area contributed by atoms with Crippen LogP contribution in [0.3, 0.4) is 0 Å². The van der Waals surface area contributed by atoms with Crippen molar-refractivity contribution in [2.45, 2.75) is 38.4 Å². The van der Waals surface area contributed by atoms with E-state index in [0.29, 0.717) is 0 Å². The fraction of sp³-hybridized carbons (Fsp3) is 0.500. The number of nitrogen functional groups attached to an aromatic ring is 1. The molecule has 0 radical (unpaired) electrons. The highest BCUT2D eigenvalue weighted by Crippen LogP contribution is 2.48. The summed E-state index contributed by atoms with van der Waals surface area (Å²) in [7, 11) is 2.87. The minimum atomic E-state index is -2.19. The number of hydrogen-bond acceptors (Lipinski definition) is 8. The Balaban J connectivity index is 2.44. The lowest BCUT2D eigenvalue weighted by Gasteiger charge is -2.53. The topological polar surface area (TPSA) is 158 Å². The highest BCUT2D eigenvalue weighted by atomic mass is 16.4. The summed E-state index contributed by atoms with van der Waals surface area (Å²) in [6.45, 7) is 2.28. The number of β-amino-alcohol motifs (C(OH)–C–C–N with tert-alkyl or cyclic N) is 1. The van der Waals surface area contributed by atoms with Crippen molar-refractivity contribution in [2.24, 2.45) is 5.92 Å². The summed E-state index contributed by atoms with van der Waals surface area (Å²) < 4.78 is -1.37. The van der Waals surface area contributed by atoms with Gasteiger partial charge in [0, 0.05) is 24.4 Å². The summed E-state index contributed by atoms with van der Waals surface area (Å²) in [5, 5.41) is 20.0.